The van der Waals surface area contributed by atoms with Crippen LogP contribution >= 0.6 is 7.81 Å². The second kappa shape index (κ2) is 13.8. The summed E-state index contributed by atoms with van der Waals surface area (Å²) in [5.74, 6) is 0. The van der Waals surface area contributed by atoms with Gasteiger partial charge in [0.15, 0.2) is 0 Å². The third-order valence-corrected chi connectivity index (χ3v) is 4.32. The maximum atomic E-state index is 9.87. The van der Waals surface area contributed by atoms with Gasteiger partial charge in [0.1, 0.15) is 0 Å². The Balaban J connectivity index is 0. The van der Waals surface area contributed by atoms with Crippen molar-refractivity contribution in [3.05, 3.63) is 12.2 Å². The van der Waals surface area contributed by atoms with Crippen LogP contribution in [0.4, 0.5) is 25.2 Å². The third kappa shape index (κ3) is 40.4. The van der Waals surface area contributed by atoms with Crippen LogP contribution in [0.15, 0.2) is 12.2 Å². The molecule has 0 saturated heterocycles. The fraction of sp³-hybridized carbons (Fsp3) is 0.900. The molecule has 0 radical (unpaired) electrons. The first-order chi connectivity index (χ1) is 12.7. The van der Waals surface area contributed by atoms with Crippen molar-refractivity contribution in [3.8, 4) is 0 Å². The van der Waals surface area contributed by atoms with Gasteiger partial charge in [-0.05, 0) is 38.2 Å². The molecule has 0 fully saturated rings. The van der Waals surface area contributed by atoms with Gasteiger partial charge in [0.25, 0.3) is 0 Å². The molecule has 0 rings (SSSR count). The maximum absolute atomic E-state index is 10.7. The topological polar surface area (TPSA) is 4.44 Å². The molecule has 8 heteroatoms. The molecule has 0 amide bonds. The van der Waals surface area contributed by atoms with E-state index in [1.807, 2.05) is 0 Å². The van der Waals surface area contributed by atoms with Crippen molar-refractivity contribution in [1.82, 2.24) is 0 Å². The molecule has 0 aromatic carbocycles. The van der Waals surface area contributed by atoms with E-state index in [1.165, 1.54) is 102 Å². The molecule has 0 heterocycles. The summed E-state index contributed by atoms with van der Waals surface area (Å²) < 4.78 is 59.2. The second-order valence-corrected chi connectivity index (χ2v) is 9.79. The van der Waals surface area contributed by atoms with Crippen LogP contribution in [0.2, 0.25) is 0 Å². The van der Waals surface area contributed by atoms with Gasteiger partial charge in [0.05, 0.1) is 19.6 Å². The molecule has 0 bridgehead atoms. The summed E-state index contributed by atoms with van der Waals surface area (Å²) >= 11 is 0. The summed E-state index contributed by atoms with van der Waals surface area (Å²) in [6.45, 7) is 14.8. The predicted octanol–water partition coefficient (Wildman–Crippen LogP) is 8.55. The van der Waals surface area contributed by atoms with Crippen LogP contribution in [0.25, 0.3) is 0 Å². The van der Waals surface area contributed by atoms with E-state index in [9.17, 15) is 25.2 Å². The SMILES string of the molecule is C=C(C)C[NH+](CCCCCCCC)CCCCCCCC.F[P-](F)(F)(F)(F)F. The summed E-state index contributed by atoms with van der Waals surface area (Å²) in [5.41, 5.74) is 1.35. The van der Waals surface area contributed by atoms with Gasteiger partial charge in [-0.2, -0.15) is 0 Å². The number of nitrogens with one attached hydrogen (secondary N) is 1. The van der Waals surface area contributed by atoms with Crippen molar-refractivity contribution in [1.29, 1.82) is 0 Å². The first-order valence-corrected chi connectivity index (χ1v) is 12.7. The summed E-state index contributed by atoms with van der Waals surface area (Å²) in [6, 6.07) is 0. The molecule has 1 N–H and O–H groups in total. The van der Waals surface area contributed by atoms with Crippen molar-refractivity contribution >= 4 is 7.81 Å². The van der Waals surface area contributed by atoms with Crippen LogP contribution < -0.4 is 4.90 Å². The molecule has 0 aromatic rings. The molecule has 0 unspecified atom stereocenters. The predicted molar refractivity (Wildman–Crippen MR) is 111 cm³/mol. The van der Waals surface area contributed by atoms with Crippen molar-refractivity contribution in [2.24, 2.45) is 0 Å². The van der Waals surface area contributed by atoms with Crippen LogP contribution in [0.1, 0.15) is 97.8 Å². The summed E-state index contributed by atoms with van der Waals surface area (Å²) in [5, 5.41) is 0. The van der Waals surface area contributed by atoms with E-state index < -0.39 is 7.81 Å². The van der Waals surface area contributed by atoms with E-state index in [-0.39, 0.29) is 0 Å². The van der Waals surface area contributed by atoms with E-state index >= 15 is 0 Å². The molecule has 1 nitrogen and oxygen atoms in total. The van der Waals surface area contributed by atoms with Gasteiger partial charge in [0.2, 0.25) is 0 Å². The van der Waals surface area contributed by atoms with Crippen LogP contribution in [-0.2, 0) is 0 Å². The molecule has 174 valence electrons. The van der Waals surface area contributed by atoms with Gasteiger partial charge in [-0.1, -0.05) is 71.8 Å². The molecule has 0 aliphatic carbocycles. The Morgan fingerprint density at radius 3 is 1.21 bits per heavy atom. The molecular formula is C20H42F6NP. The number of quaternary nitrogens is 1. The number of unbranched alkanes of at least 4 members (excludes halogenated alkanes) is 10. The van der Waals surface area contributed by atoms with Gasteiger partial charge in [-0.25, -0.2) is 0 Å². The van der Waals surface area contributed by atoms with E-state index in [2.05, 4.69) is 27.4 Å². The molecule has 0 aliphatic heterocycles. The number of hydrogen-bond donors (Lipinski definition) is 1. The monoisotopic (exact) mass is 441 g/mol. The molecule has 0 atom stereocenters. The first kappa shape index (κ1) is 29.9. The Bertz CT molecular complexity index is 366. The fourth-order valence-corrected chi connectivity index (χ4v) is 3.04. The Morgan fingerprint density at radius 2 is 0.929 bits per heavy atom. The number of halogens is 6. The van der Waals surface area contributed by atoms with Crippen molar-refractivity contribution < 1.29 is 30.1 Å². The zero-order chi connectivity index (χ0) is 22.2. The van der Waals surface area contributed by atoms with E-state index in [4.69, 9.17) is 0 Å². The normalized spacial score (nSPS) is 14.2. The van der Waals surface area contributed by atoms with Crippen LogP contribution in [0.5, 0.6) is 0 Å². The van der Waals surface area contributed by atoms with Crippen molar-refractivity contribution in [2.75, 3.05) is 19.6 Å². The number of rotatable bonds is 16. The molecule has 0 spiro atoms. The van der Waals surface area contributed by atoms with Gasteiger partial charge >= 0.3 is 33.0 Å². The van der Waals surface area contributed by atoms with Crippen LogP contribution in [-0.4, -0.2) is 19.6 Å². The molecule has 0 saturated carbocycles. The minimum absolute atomic E-state index is 1.18. The summed E-state index contributed by atoms with van der Waals surface area (Å²) in [4.78, 5) is 1.77. The Labute approximate surface area is 168 Å². The number of hydrogen-bond acceptors (Lipinski definition) is 0. The molecule has 0 aromatic heterocycles. The summed E-state index contributed by atoms with van der Waals surface area (Å²) in [6.07, 6.45) is 16.9. The van der Waals surface area contributed by atoms with Gasteiger partial charge in [-0.3, -0.25) is 0 Å². The Hall–Kier alpha value is -0.290. The minimum atomic E-state index is -10.7. The third-order valence-electron chi connectivity index (χ3n) is 4.32. The second-order valence-electron chi connectivity index (χ2n) is 7.88. The van der Waals surface area contributed by atoms with E-state index in [1.54, 1.807) is 4.90 Å². The molecule has 28 heavy (non-hydrogen) atoms. The van der Waals surface area contributed by atoms with Gasteiger partial charge < -0.3 is 4.90 Å². The zero-order valence-corrected chi connectivity index (χ0v) is 18.9. The Kier molecular flexibility index (Phi) is 14.8. The standard InChI is InChI=1S/C20H41N.F6P/c1-5-7-9-11-13-15-17-21(19-20(3)4)18-16-14-12-10-8-6-2;1-7(2,3,4,5)6/h3,5-19H2,1-2,4H3;/q;-1/p+1. The average Bonchev–Trinajstić information content (AvgIpc) is 2.50. The van der Waals surface area contributed by atoms with Crippen molar-refractivity contribution in [3.63, 3.8) is 0 Å². The van der Waals surface area contributed by atoms with E-state index in [0.717, 1.165) is 0 Å². The first-order valence-electron chi connectivity index (χ1n) is 10.7. The quantitative estimate of drug-likeness (QED) is 0.106. The average molecular weight is 442 g/mol. The zero-order valence-electron chi connectivity index (χ0n) is 18.0. The van der Waals surface area contributed by atoms with Gasteiger partial charge in [0, 0.05) is 0 Å². The van der Waals surface area contributed by atoms with Crippen LogP contribution in [0.3, 0.4) is 0 Å². The van der Waals surface area contributed by atoms with Crippen molar-refractivity contribution in [2.45, 2.75) is 97.8 Å². The fourth-order valence-electron chi connectivity index (χ4n) is 3.04. The van der Waals surface area contributed by atoms with Gasteiger partial charge in [-0.15, -0.1) is 0 Å². The van der Waals surface area contributed by atoms with E-state index in [0.29, 0.717) is 0 Å². The summed E-state index contributed by atoms with van der Waals surface area (Å²) in [7, 11) is -10.7. The van der Waals surface area contributed by atoms with Crippen LogP contribution in [0, 0.1) is 0 Å². The Morgan fingerprint density at radius 1 is 0.643 bits per heavy atom. The molecule has 0 aliphatic rings. The molecular weight excluding hydrogens is 399 g/mol.